The third-order valence-electron chi connectivity index (χ3n) is 1.99. The molecule has 1 unspecified atom stereocenters. The first-order chi connectivity index (χ1) is 8.20. The van der Waals surface area contributed by atoms with Crippen LogP contribution in [0.3, 0.4) is 0 Å². The molecule has 0 spiro atoms. The predicted octanol–water partition coefficient (Wildman–Crippen LogP) is -0.874. The SMILES string of the molecule is COCC(C)NC(=O)CNCCCOCCO. The molecule has 0 rings (SSSR count). The zero-order valence-electron chi connectivity index (χ0n) is 10.7. The summed E-state index contributed by atoms with van der Waals surface area (Å²) >= 11 is 0. The van der Waals surface area contributed by atoms with Gasteiger partial charge in [-0.05, 0) is 19.9 Å². The maximum Gasteiger partial charge on any atom is 0.234 e. The molecule has 0 radical (unpaired) electrons. The van der Waals surface area contributed by atoms with Crippen molar-refractivity contribution in [3.05, 3.63) is 0 Å². The van der Waals surface area contributed by atoms with E-state index < -0.39 is 0 Å². The van der Waals surface area contributed by atoms with Gasteiger partial charge in [-0.2, -0.15) is 0 Å². The van der Waals surface area contributed by atoms with Crippen molar-refractivity contribution in [1.29, 1.82) is 0 Å². The molecule has 3 N–H and O–H groups in total. The minimum absolute atomic E-state index is 0.0298. The van der Waals surface area contributed by atoms with Crippen molar-refractivity contribution in [2.24, 2.45) is 0 Å². The third kappa shape index (κ3) is 11.6. The lowest BCUT2D eigenvalue weighted by Crippen LogP contribution is -2.41. The molecule has 0 aromatic heterocycles. The number of ether oxygens (including phenoxy) is 2. The molecular weight excluding hydrogens is 224 g/mol. The van der Waals surface area contributed by atoms with Gasteiger partial charge in [0.25, 0.3) is 0 Å². The highest BCUT2D eigenvalue weighted by Crippen LogP contribution is 1.83. The van der Waals surface area contributed by atoms with Crippen LogP contribution in [0.15, 0.2) is 0 Å². The Labute approximate surface area is 103 Å². The highest BCUT2D eigenvalue weighted by atomic mass is 16.5. The van der Waals surface area contributed by atoms with Gasteiger partial charge in [-0.3, -0.25) is 4.79 Å². The lowest BCUT2D eigenvalue weighted by Gasteiger charge is -2.13. The fraction of sp³-hybridized carbons (Fsp3) is 0.909. The summed E-state index contributed by atoms with van der Waals surface area (Å²) in [5, 5.41) is 14.3. The van der Waals surface area contributed by atoms with Crippen LogP contribution in [0.25, 0.3) is 0 Å². The van der Waals surface area contributed by atoms with Crippen molar-refractivity contribution in [1.82, 2.24) is 10.6 Å². The fourth-order valence-corrected chi connectivity index (χ4v) is 1.29. The van der Waals surface area contributed by atoms with E-state index in [4.69, 9.17) is 14.6 Å². The summed E-state index contributed by atoms with van der Waals surface area (Å²) < 4.78 is 9.99. The molecule has 6 heteroatoms. The molecule has 102 valence electrons. The van der Waals surface area contributed by atoms with Crippen molar-refractivity contribution in [2.45, 2.75) is 19.4 Å². The molecule has 0 aliphatic rings. The van der Waals surface area contributed by atoms with E-state index in [1.165, 1.54) is 0 Å². The second-order valence-corrected chi connectivity index (χ2v) is 3.79. The zero-order valence-corrected chi connectivity index (χ0v) is 10.7. The van der Waals surface area contributed by atoms with Gasteiger partial charge in [-0.1, -0.05) is 0 Å². The van der Waals surface area contributed by atoms with Crippen LogP contribution in [-0.2, 0) is 14.3 Å². The Hall–Kier alpha value is -0.690. The Morgan fingerprint density at radius 2 is 2.18 bits per heavy atom. The van der Waals surface area contributed by atoms with Crippen LogP contribution >= 0.6 is 0 Å². The smallest absolute Gasteiger partial charge is 0.234 e. The van der Waals surface area contributed by atoms with Crippen molar-refractivity contribution in [3.8, 4) is 0 Å². The summed E-state index contributed by atoms with van der Waals surface area (Å²) in [6.45, 7) is 4.44. The largest absolute Gasteiger partial charge is 0.394 e. The number of rotatable bonds is 11. The minimum atomic E-state index is -0.0363. The third-order valence-corrected chi connectivity index (χ3v) is 1.99. The summed E-state index contributed by atoms with van der Waals surface area (Å²) in [5.74, 6) is -0.0363. The van der Waals surface area contributed by atoms with Gasteiger partial charge in [0.2, 0.25) is 5.91 Å². The number of hydrogen-bond donors (Lipinski definition) is 3. The number of carbonyl (C=O) groups excluding carboxylic acids is 1. The molecule has 1 amide bonds. The monoisotopic (exact) mass is 248 g/mol. The maximum absolute atomic E-state index is 11.4. The second-order valence-electron chi connectivity index (χ2n) is 3.79. The van der Waals surface area contributed by atoms with Gasteiger partial charge in [0, 0.05) is 19.8 Å². The van der Waals surface area contributed by atoms with Gasteiger partial charge in [-0.25, -0.2) is 0 Å². The Bertz CT molecular complexity index is 190. The number of aliphatic hydroxyl groups is 1. The molecule has 17 heavy (non-hydrogen) atoms. The van der Waals surface area contributed by atoms with E-state index in [2.05, 4.69) is 10.6 Å². The van der Waals surface area contributed by atoms with E-state index in [1.54, 1.807) is 7.11 Å². The quantitative estimate of drug-likeness (QED) is 0.414. The predicted molar refractivity (Wildman–Crippen MR) is 64.9 cm³/mol. The van der Waals surface area contributed by atoms with E-state index in [9.17, 15) is 4.79 Å². The summed E-state index contributed by atoms with van der Waals surface area (Å²) in [7, 11) is 1.60. The van der Waals surface area contributed by atoms with Crippen LogP contribution in [0, 0.1) is 0 Å². The lowest BCUT2D eigenvalue weighted by atomic mass is 10.3. The van der Waals surface area contributed by atoms with Gasteiger partial charge in [-0.15, -0.1) is 0 Å². The first kappa shape index (κ1) is 16.3. The molecule has 0 bridgehead atoms. The molecule has 0 aromatic carbocycles. The molecule has 0 aliphatic carbocycles. The summed E-state index contributed by atoms with van der Waals surface area (Å²) in [6, 6.07) is 0.0298. The van der Waals surface area contributed by atoms with Gasteiger partial charge in [0.15, 0.2) is 0 Å². The van der Waals surface area contributed by atoms with Crippen molar-refractivity contribution < 1.29 is 19.4 Å². The van der Waals surface area contributed by atoms with Crippen LogP contribution < -0.4 is 10.6 Å². The molecule has 0 saturated heterocycles. The Balaban J connectivity index is 3.27. The normalized spacial score (nSPS) is 12.4. The van der Waals surface area contributed by atoms with Gasteiger partial charge in [0.1, 0.15) is 0 Å². The van der Waals surface area contributed by atoms with Crippen LogP contribution in [0.1, 0.15) is 13.3 Å². The van der Waals surface area contributed by atoms with Crippen LogP contribution in [0.4, 0.5) is 0 Å². The number of carbonyl (C=O) groups is 1. The van der Waals surface area contributed by atoms with E-state index in [0.29, 0.717) is 26.4 Å². The van der Waals surface area contributed by atoms with Crippen LogP contribution in [0.2, 0.25) is 0 Å². The van der Waals surface area contributed by atoms with Crippen LogP contribution in [0.5, 0.6) is 0 Å². The summed E-state index contributed by atoms with van der Waals surface area (Å²) in [4.78, 5) is 11.4. The summed E-state index contributed by atoms with van der Waals surface area (Å²) in [6.07, 6.45) is 0.820. The van der Waals surface area contributed by atoms with E-state index in [-0.39, 0.29) is 18.6 Å². The number of aliphatic hydroxyl groups excluding tert-OH is 1. The molecule has 0 saturated carbocycles. The molecule has 0 aromatic rings. The maximum atomic E-state index is 11.4. The number of amides is 1. The molecule has 1 atom stereocenters. The standard InChI is InChI=1S/C11H24N2O4/c1-10(9-16-2)13-11(15)8-12-4-3-6-17-7-5-14/h10,12,14H,3-9H2,1-2H3,(H,13,15). The first-order valence-corrected chi connectivity index (χ1v) is 5.88. The average Bonchev–Trinajstić information content (AvgIpc) is 2.28. The molecule has 0 aliphatic heterocycles. The molecule has 6 nitrogen and oxygen atoms in total. The van der Waals surface area contributed by atoms with Crippen molar-refractivity contribution in [3.63, 3.8) is 0 Å². The van der Waals surface area contributed by atoms with Crippen molar-refractivity contribution >= 4 is 5.91 Å². The zero-order chi connectivity index (χ0) is 12.9. The van der Waals surface area contributed by atoms with Gasteiger partial charge < -0.3 is 25.2 Å². The highest BCUT2D eigenvalue weighted by molar-refractivity contribution is 5.78. The fourth-order valence-electron chi connectivity index (χ4n) is 1.29. The Kier molecular flexibility index (Phi) is 11.3. The van der Waals surface area contributed by atoms with E-state index >= 15 is 0 Å². The molecule has 0 heterocycles. The number of hydrogen-bond acceptors (Lipinski definition) is 5. The van der Waals surface area contributed by atoms with Crippen LogP contribution in [-0.4, -0.2) is 63.7 Å². The number of methoxy groups -OCH3 is 1. The molecular formula is C11H24N2O4. The first-order valence-electron chi connectivity index (χ1n) is 5.88. The Morgan fingerprint density at radius 1 is 1.41 bits per heavy atom. The van der Waals surface area contributed by atoms with E-state index in [1.807, 2.05) is 6.92 Å². The van der Waals surface area contributed by atoms with E-state index in [0.717, 1.165) is 13.0 Å². The highest BCUT2D eigenvalue weighted by Gasteiger charge is 2.05. The second kappa shape index (κ2) is 11.8. The Morgan fingerprint density at radius 3 is 2.82 bits per heavy atom. The lowest BCUT2D eigenvalue weighted by molar-refractivity contribution is -0.121. The van der Waals surface area contributed by atoms with Gasteiger partial charge in [0.05, 0.1) is 26.4 Å². The topological polar surface area (TPSA) is 79.8 Å². The van der Waals surface area contributed by atoms with Gasteiger partial charge >= 0.3 is 0 Å². The number of nitrogens with one attached hydrogen (secondary N) is 2. The average molecular weight is 248 g/mol. The molecule has 0 fully saturated rings. The summed E-state index contributed by atoms with van der Waals surface area (Å²) in [5.41, 5.74) is 0. The van der Waals surface area contributed by atoms with Crippen molar-refractivity contribution in [2.75, 3.05) is 46.6 Å². The minimum Gasteiger partial charge on any atom is -0.394 e.